The fourth-order valence-corrected chi connectivity index (χ4v) is 3.05. The zero-order valence-electron chi connectivity index (χ0n) is 14.5. The first-order valence-corrected chi connectivity index (χ1v) is 8.57. The number of nitrogens with one attached hydrogen (secondary N) is 1. The summed E-state index contributed by atoms with van der Waals surface area (Å²) in [7, 11) is 1.64. The Morgan fingerprint density at radius 1 is 1.30 bits per heavy atom. The molecule has 1 heterocycles. The predicted octanol–water partition coefficient (Wildman–Crippen LogP) is 3.86. The fourth-order valence-electron chi connectivity index (χ4n) is 3.05. The molecule has 0 aliphatic heterocycles. The third kappa shape index (κ3) is 4.44. The summed E-state index contributed by atoms with van der Waals surface area (Å²) in [4.78, 5) is 17.0. The van der Waals surface area contributed by atoms with Crippen molar-refractivity contribution in [2.45, 2.75) is 64.4 Å². The number of hydrogen-bond donors (Lipinski definition) is 1. The molecule has 0 unspecified atom stereocenters. The van der Waals surface area contributed by atoms with Gasteiger partial charge in [0.1, 0.15) is 5.60 Å². The number of aryl methyl sites for hydroxylation is 1. The molecule has 0 aromatic carbocycles. The summed E-state index contributed by atoms with van der Waals surface area (Å²) in [6, 6.07) is 1.90. The Kier molecular flexibility index (Phi) is 6.39. The number of carbonyl (C=O) groups excluding carboxylic acids is 1. The Morgan fingerprint density at radius 3 is 2.57 bits per heavy atom. The number of ether oxygens (including phenoxy) is 2. The molecule has 0 atom stereocenters. The monoisotopic (exact) mass is 320 g/mol. The second-order valence-corrected chi connectivity index (χ2v) is 6.26. The molecule has 0 spiro atoms. The van der Waals surface area contributed by atoms with E-state index in [1.807, 2.05) is 13.0 Å². The van der Waals surface area contributed by atoms with Crippen LogP contribution in [0, 0.1) is 6.92 Å². The maximum absolute atomic E-state index is 12.7. The Balaban J connectivity index is 2.07. The van der Waals surface area contributed by atoms with Crippen molar-refractivity contribution in [3.8, 4) is 5.88 Å². The van der Waals surface area contributed by atoms with Crippen LogP contribution in [0.25, 0.3) is 0 Å². The van der Waals surface area contributed by atoms with Gasteiger partial charge in [-0.3, -0.25) is 4.79 Å². The highest BCUT2D eigenvalue weighted by atomic mass is 16.5. The summed E-state index contributed by atoms with van der Waals surface area (Å²) in [6.45, 7) is 4.64. The zero-order chi connectivity index (χ0) is 16.7. The van der Waals surface area contributed by atoms with Crippen LogP contribution >= 0.6 is 0 Å². The van der Waals surface area contributed by atoms with E-state index in [1.165, 1.54) is 12.8 Å². The molecule has 2 rings (SSSR count). The molecule has 1 aliphatic carbocycles. The van der Waals surface area contributed by atoms with Crippen LogP contribution in [0.5, 0.6) is 5.88 Å². The van der Waals surface area contributed by atoms with Gasteiger partial charge in [-0.2, -0.15) is 0 Å². The standard InChI is InChI=1S/C18H28N2O3/c1-4-11-23-16-14(2)12-15(13-19-16)20-17(21)18(22-3)9-7-5-6-8-10-18/h12-13H,4-11H2,1-3H3,(H,20,21). The van der Waals surface area contributed by atoms with Crippen LogP contribution in [0.4, 0.5) is 5.69 Å². The number of rotatable bonds is 6. The van der Waals surface area contributed by atoms with Crippen molar-refractivity contribution in [2.75, 3.05) is 19.0 Å². The number of pyridine rings is 1. The van der Waals surface area contributed by atoms with Gasteiger partial charge in [0.25, 0.3) is 5.91 Å². The lowest BCUT2D eigenvalue weighted by atomic mass is 9.93. The van der Waals surface area contributed by atoms with Gasteiger partial charge in [0.15, 0.2) is 0 Å². The van der Waals surface area contributed by atoms with Crippen molar-refractivity contribution >= 4 is 11.6 Å². The highest BCUT2D eigenvalue weighted by Crippen LogP contribution is 2.31. The van der Waals surface area contributed by atoms with Gasteiger partial charge in [0.2, 0.25) is 5.88 Å². The van der Waals surface area contributed by atoms with E-state index in [-0.39, 0.29) is 5.91 Å². The van der Waals surface area contributed by atoms with Gasteiger partial charge >= 0.3 is 0 Å². The van der Waals surface area contributed by atoms with Gasteiger partial charge in [-0.25, -0.2) is 4.98 Å². The van der Waals surface area contributed by atoms with Crippen molar-refractivity contribution in [3.63, 3.8) is 0 Å². The summed E-state index contributed by atoms with van der Waals surface area (Å²) in [5.41, 5.74) is 0.905. The summed E-state index contributed by atoms with van der Waals surface area (Å²) < 4.78 is 11.2. The van der Waals surface area contributed by atoms with Crippen molar-refractivity contribution in [3.05, 3.63) is 17.8 Å². The van der Waals surface area contributed by atoms with Crippen molar-refractivity contribution in [2.24, 2.45) is 0 Å². The molecule has 1 fully saturated rings. The third-order valence-corrected chi connectivity index (χ3v) is 4.45. The van der Waals surface area contributed by atoms with Gasteiger partial charge < -0.3 is 14.8 Å². The average Bonchev–Trinajstić information content (AvgIpc) is 2.80. The van der Waals surface area contributed by atoms with Crippen molar-refractivity contribution in [1.82, 2.24) is 4.98 Å². The minimum absolute atomic E-state index is 0.0645. The topological polar surface area (TPSA) is 60.5 Å². The molecule has 128 valence electrons. The van der Waals surface area contributed by atoms with Crippen LogP contribution in [-0.4, -0.2) is 30.2 Å². The maximum Gasteiger partial charge on any atom is 0.256 e. The lowest BCUT2D eigenvalue weighted by Crippen LogP contribution is -2.44. The van der Waals surface area contributed by atoms with E-state index in [0.717, 1.165) is 37.7 Å². The maximum atomic E-state index is 12.7. The van der Waals surface area contributed by atoms with E-state index < -0.39 is 5.60 Å². The van der Waals surface area contributed by atoms with Crippen LogP contribution in [-0.2, 0) is 9.53 Å². The van der Waals surface area contributed by atoms with E-state index in [0.29, 0.717) is 18.2 Å². The second kappa shape index (κ2) is 8.29. The largest absolute Gasteiger partial charge is 0.477 e. The Morgan fingerprint density at radius 2 is 2.00 bits per heavy atom. The number of nitrogens with zero attached hydrogens (tertiary/aromatic N) is 1. The molecule has 1 aromatic rings. The second-order valence-electron chi connectivity index (χ2n) is 6.26. The molecule has 1 amide bonds. The first kappa shape index (κ1) is 17.7. The Bertz CT molecular complexity index is 523. The van der Waals surface area contributed by atoms with Crippen molar-refractivity contribution < 1.29 is 14.3 Å². The molecule has 5 heteroatoms. The molecule has 23 heavy (non-hydrogen) atoms. The fraction of sp³-hybridized carbons (Fsp3) is 0.667. The van der Waals surface area contributed by atoms with E-state index in [2.05, 4.69) is 17.2 Å². The predicted molar refractivity (Wildman–Crippen MR) is 90.8 cm³/mol. The zero-order valence-corrected chi connectivity index (χ0v) is 14.5. The van der Waals surface area contributed by atoms with Gasteiger partial charge in [0.05, 0.1) is 18.5 Å². The van der Waals surface area contributed by atoms with Gasteiger partial charge in [-0.15, -0.1) is 0 Å². The highest BCUT2D eigenvalue weighted by molar-refractivity contribution is 5.97. The van der Waals surface area contributed by atoms with E-state index in [4.69, 9.17) is 9.47 Å². The molecule has 1 saturated carbocycles. The van der Waals surface area contributed by atoms with E-state index in [9.17, 15) is 4.79 Å². The Hall–Kier alpha value is -1.62. The smallest absolute Gasteiger partial charge is 0.256 e. The average molecular weight is 320 g/mol. The van der Waals surface area contributed by atoms with Crippen molar-refractivity contribution in [1.29, 1.82) is 0 Å². The number of aromatic nitrogens is 1. The molecular weight excluding hydrogens is 292 g/mol. The highest BCUT2D eigenvalue weighted by Gasteiger charge is 2.38. The SMILES string of the molecule is CCCOc1ncc(NC(=O)C2(OC)CCCCCC2)cc1C. The summed E-state index contributed by atoms with van der Waals surface area (Å²) >= 11 is 0. The molecule has 0 bridgehead atoms. The lowest BCUT2D eigenvalue weighted by Gasteiger charge is -2.29. The first-order valence-electron chi connectivity index (χ1n) is 8.57. The van der Waals surface area contributed by atoms with Crippen LogP contribution in [0.3, 0.4) is 0 Å². The third-order valence-electron chi connectivity index (χ3n) is 4.45. The number of amides is 1. The normalized spacial score (nSPS) is 17.3. The number of hydrogen-bond acceptors (Lipinski definition) is 4. The summed E-state index contributed by atoms with van der Waals surface area (Å²) in [6.07, 6.45) is 8.54. The minimum atomic E-state index is -0.707. The van der Waals surface area contributed by atoms with Gasteiger partial charge in [-0.1, -0.05) is 32.6 Å². The summed E-state index contributed by atoms with van der Waals surface area (Å²) in [5.74, 6) is 0.561. The van der Waals surface area contributed by atoms with Crippen LogP contribution in [0.15, 0.2) is 12.3 Å². The lowest BCUT2D eigenvalue weighted by molar-refractivity contribution is -0.139. The number of anilines is 1. The molecule has 0 radical (unpaired) electrons. The molecule has 1 aliphatic rings. The molecule has 1 N–H and O–H groups in total. The quantitative estimate of drug-likeness (QED) is 0.809. The summed E-state index contributed by atoms with van der Waals surface area (Å²) in [5, 5.41) is 2.97. The Labute approximate surface area is 138 Å². The van der Waals surface area contributed by atoms with Gasteiger partial charge in [0, 0.05) is 12.7 Å². The van der Waals surface area contributed by atoms with Crippen LogP contribution in [0.2, 0.25) is 0 Å². The van der Waals surface area contributed by atoms with Gasteiger partial charge in [-0.05, 0) is 32.3 Å². The molecular formula is C18H28N2O3. The van der Waals surface area contributed by atoms with E-state index >= 15 is 0 Å². The number of carbonyl (C=O) groups is 1. The molecule has 1 aromatic heterocycles. The number of methoxy groups -OCH3 is 1. The molecule has 0 saturated heterocycles. The van der Waals surface area contributed by atoms with Crippen LogP contribution in [0.1, 0.15) is 57.4 Å². The molecule has 5 nitrogen and oxygen atoms in total. The van der Waals surface area contributed by atoms with E-state index in [1.54, 1.807) is 13.3 Å². The van der Waals surface area contributed by atoms with Crippen LogP contribution < -0.4 is 10.1 Å². The minimum Gasteiger partial charge on any atom is -0.477 e. The first-order chi connectivity index (χ1) is 11.1.